The second-order valence-electron chi connectivity index (χ2n) is 8.37. The van der Waals surface area contributed by atoms with E-state index >= 15 is 0 Å². The zero-order chi connectivity index (χ0) is 47.7. The molecular weight excluding hydrogens is 757 g/mol. The van der Waals surface area contributed by atoms with Crippen molar-refractivity contribution in [1.29, 1.82) is 0 Å². The standard InChI is InChI=1S/2C10H22O.C8H18O.6C2H6.6C2H4.7CH4/c2*1-3-5-7-8-10-11-9-6-4-2;1-3-5-7-9-8-6-4-2;12*1-2;;;;;;;/h2*3-10H2,1-2H3;3-8H2,1-2H3;6*1-2H3;6*1-2H2;7*1H4. The Kier molecular flexibility index (Phi) is 865. The highest BCUT2D eigenvalue weighted by Crippen LogP contribution is 2.00. The maximum Gasteiger partial charge on any atom is 0.0466 e. The van der Waals surface area contributed by atoms with E-state index in [1.807, 2.05) is 83.1 Å². The molecule has 3 heteroatoms. The van der Waals surface area contributed by atoms with Crippen LogP contribution in [0.5, 0.6) is 0 Å². The van der Waals surface area contributed by atoms with E-state index in [1.54, 1.807) is 0 Å². The zero-order valence-electron chi connectivity index (χ0n) is 43.3. The van der Waals surface area contributed by atoms with Crippen molar-refractivity contribution in [3.8, 4) is 0 Å². The molecule has 0 heterocycles. The van der Waals surface area contributed by atoms with Crippen LogP contribution in [0.2, 0.25) is 0 Å². The van der Waals surface area contributed by atoms with Crippen molar-refractivity contribution in [2.45, 2.75) is 279 Å². The lowest BCUT2D eigenvalue weighted by Gasteiger charge is -2.01. The molecule has 0 radical (unpaired) electrons. The molecule has 0 saturated carbocycles. The van der Waals surface area contributed by atoms with Gasteiger partial charge in [-0.25, -0.2) is 0 Å². The van der Waals surface area contributed by atoms with Gasteiger partial charge in [0.1, 0.15) is 0 Å². The van der Waals surface area contributed by atoms with Crippen molar-refractivity contribution in [2.75, 3.05) is 39.6 Å². The Balaban J connectivity index is -0.0000000149. The molecular formula is C59H150O3. The normalized spacial score (nSPS) is 6.10. The Hall–Kier alpha value is -1.68. The fraction of sp³-hybridized carbons (Fsp3) is 0.797. The van der Waals surface area contributed by atoms with Crippen LogP contribution < -0.4 is 0 Å². The van der Waals surface area contributed by atoms with Crippen LogP contribution in [0.3, 0.4) is 0 Å². The molecule has 0 aromatic carbocycles. The first-order chi connectivity index (χ1) is 27.2. The highest BCUT2D eigenvalue weighted by molar-refractivity contribution is 4.41. The molecule has 0 aromatic rings. The molecule has 0 rings (SSSR count). The van der Waals surface area contributed by atoms with Crippen LogP contribution in [0.15, 0.2) is 78.9 Å². The topological polar surface area (TPSA) is 27.7 Å². The van der Waals surface area contributed by atoms with E-state index in [0.717, 1.165) is 39.6 Å². The van der Waals surface area contributed by atoms with Gasteiger partial charge < -0.3 is 14.2 Å². The lowest BCUT2D eigenvalue weighted by molar-refractivity contribution is 0.127. The molecule has 0 aromatic heterocycles. The quantitative estimate of drug-likeness (QED) is 0.0800. The second kappa shape index (κ2) is 371. The molecule has 0 aliphatic carbocycles. The molecule has 62 heavy (non-hydrogen) atoms. The van der Waals surface area contributed by atoms with Gasteiger partial charge in [0.25, 0.3) is 0 Å². The highest BCUT2D eigenvalue weighted by Gasteiger charge is 1.89. The fourth-order valence-electron chi connectivity index (χ4n) is 2.55. The van der Waals surface area contributed by atoms with Crippen molar-refractivity contribution in [1.82, 2.24) is 0 Å². The van der Waals surface area contributed by atoms with Crippen LogP contribution in [0, 0.1) is 0 Å². The summed E-state index contributed by atoms with van der Waals surface area (Å²) in [6.45, 7) is 79.0. The molecule has 0 spiro atoms. The van der Waals surface area contributed by atoms with Gasteiger partial charge >= 0.3 is 0 Å². The minimum absolute atomic E-state index is 0. The average molecular weight is 908 g/mol. The average Bonchev–Trinajstić information content (AvgIpc) is 3.31. The molecule has 0 atom stereocenters. The second-order valence-corrected chi connectivity index (χ2v) is 8.37. The first-order valence-electron chi connectivity index (χ1n) is 23.0. The Morgan fingerprint density at radius 3 is 0.419 bits per heavy atom. The Morgan fingerprint density at radius 1 is 0.194 bits per heavy atom. The van der Waals surface area contributed by atoms with E-state index < -0.39 is 0 Å². The maximum atomic E-state index is 5.42. The summed E-state index contributed by atoms with van der Waals surface area (Å²) in [6, 6.07) is 0. The molecule has 0 fully saturated rings. The van der Waals surface area contributed by atoms with Gasteiger partial charge in [-0.05, 0) is 38.5 Å². The van der Waals surface area contributed by atoms with Gasteiger partial charge in [-0.3, -0.25) is 0 Å². The molecule has 404 valence electrons. The van der Waals surface area contributed by atoms with E-state index in [2.05, 4.69) is 120 Å². The summed E-state index contributed by atoms with van der Waals surface area (Å²) in [5, 5.41) is 0. The summed E-state index contributed by atoms with van der Waals surface area (Å²) in [6.07, 6.45) is 20.3. The lowest BCUT2D eigenvalue weighted by atomic mass is 10.2. The number of ether oxygens (including phenoxy) is 3. The van der Waals surface area contributed by atoms with Gasteiger partial charge in [-0.15, -0.1) is 78.9 Å². The van der Waals surface area contributed by atoms with Crippen LogP contribution in [-0.2, 0) is 14.2 Å². The third-order valence-corrected chi connectivity index (χ3v) is 4.85. The van der Waals surface area contributed by atoms with E-state index in [1.165, 1.54) is 103 Å². The van der Waals surface area contributed by atoms with Crippen LogP contribution >= 0.6 is 0 Å². The molecule has 3 nitrogen and oxygen atoms in total. The van der Waals surface area contributed by atoms with E-state index in [9.17, 15) is 0 Å². The third-order valence-electron chi connectivity index (χ3n) is 4.85. The van der Waals surface area contributed by atoms with Gasteiger partial charge in [0.2, 0.25) is 0 Å². The Bertz CT molecular complexity index is 269. The first kappa shape index (κ1) is 145. The Morgan fingerprint density at radius 2 is 0.306 bits per heavy atom. The summed E-state index contributed by atoms with van der Waals surface area (Å²) in [5.74, 6) is 0. The predicted molar refractivity (Wildman–Crippen MR) is 323 cm³/mol. The number of hydrogen-bond acceptors (Lipinski definition) is 3. The van der Waals surface area contributed by atoms with Crippen molar-refractivity contribution < 1.29 is 14.2 Å². The SMILES string of the molecule is C.C.C.C.C.C.C.C=C.C=C.C=C.C=C.C=C.C=C.CC.CC.CC.CC.CC.CC.CCCCCCOCCCC.CCCCCCOCCCC.CCCCOCCCC. The highest BCUT2D eigenvalue weighted by atomic mass is 16.5. The summed E-state index contributed by atoms with van der Waals surface area (Å²) >= 11 is 0. The van der Waals surface area contributed by atoms with Crippen molar-refractivity contribution in [3.05, 3.63) is 78.9 Å². The summed E-state index contributed by atoms with van der Waals surface area (Å²) < 4.78 is 16.2. The van der Waals surface area contributed by atoms with Crippen molar-refractivity contribution in [2.24, 2.45) is 0 Å². The number of hydrogen-bond donors (Lipinski definition) is 0. The fourth-order valence-corrected chi connectivity index (χ4v) is 2.55. The van der Waals surface area contributed by atoms with Crippen LogP contribution in [0.1, 0.15) is 279 Å². The van der Waals surface area contributed by atoms with Gasteiger partial charge in [0.15, 0.2) is 0 Å². The van der Waals surface area contributed by atoms with Gasteiger partial charge in [0, 0.05) is 39.6 Å². The molecule has 0 amide bonds. The van der Waals surface area contributed by atoms with E-state index in [4.69, 9.17) is 14.2 Å². The first-order valence-corrected chi connectivity index (χ1v) is 23.0. The van der Waals surface area contributed by atoms with E-state index in [0.29, 0.717) is 0 Å². The Labute approximate surface area is 410 Å². The predicted octanol–water partition coefficient (Wildman–Crippen LogP) is 24.8. The number of rotatable bonds is 22. The molecule has 0 unspecified atom stereocenters. The molecule has 0 aliphatic rings. The smallest absolute Gasteiger partial charge is 0.0466 e. The summed E-state index contributed by atoms with van der Waals surface area (Å²) in [7, 11) is 0. The van der Waals surface area contributed by atoms with Gasteiger partial charge in [-0.2, -0.15) is 0 Å². The third kappa shape index (κ3) is 464. The van der Waals surface area contributed by atoms with Gasteiger partial charge in [0.05, 0.1) is 0 Å². The van der Waals surface area contributed by atoms with Gasteiger partial charge in [-0.1, -0.05) is 241 Å². The summed E-state index contributed by atoms with van der Waals surface area (Å²) in [5.41, 5.74) is 0. The van der Waals surface area contributed by atoms with Crippen molar-refractivity contribution >= 4 is 0 Å². The van der Waals surface area contributed by atoms with E-state index in [-0.39, 0.29) is 52.0 Å². The number of unbranched alkanes of at least 4 members (excludes halogenated alkanes) is 10. The lowest BCUT2D eigenvalue weighted by Crippen LogP contribution is -1.96. The van der Waals surface area contributed by atoms with Crippen LogP contribution in [0.25, 0.3) is 0 Å². The molecule has 0 aliphatic heterocycles. The monoisotopic (exact) mass is 907 g/mol. The molecule has 0 saturated heterocycles. The van der Waals surface area contributed by atoms with Crippen LogP contribution in [0.4, 0.5) is 0 Å². The molecule has 0 N–H and O–H groups in total. The molecule has 0 bridgehead atoms. The van der Waals surface area contributed by atoms with Crippen molar-refractivity contribution in [3.63, 3.8) is 0 Å². The van der Waals surface area contributed by atoms with Crippen LogP contribution in [-0.4, -0.2) is 39.6 Å². The zero-order valence-corrected chi connectivity index (χ0v) is 43.3. The maximum absolute atomic E-state index is 5.42. The summed E-state index contributed by atoms with van der Waals surface area (Å²) in [4.78, 5) is 0. The largest absolute Gasteiger partial charge is 0.381 e. The minimum Gasteiger partial charge on any atom is -0.381 e. The minimum atomic E-state index is 0.